The maximum atomic E-state index is 12.2. The fourth-order valence-electron chi connectivity index (χ4n) is 3.24. The monoisotopic (exact) mass is 324 g/mol. The Morgan fingerprint density at radius 2 is 1.92 bits per heavy atom. The third kappa shape index (κ3) is 3.94. The SMILES string of the molecule is CC(C)(C)OC(=O)NC1CC(c2ccccc2)Cc2cccnc21. The van der Waals surface area contributed by atoms with E-state index in [1.165, 1.54) is 11.1 Å². The molecule has 1 aromatic heterocycles. The van der Waals surface area contributed by atoms with Crippen LogP contribution in [-0.2, 0) is 11.2 Å². The largest absolute Gasteiger partial charge is 0.444 e. The summed E-state index contributed by atoms with van der Waals surface area (Å²) >= 11 is 0. The molecule has 4 nitrogen and oxygen atoms in total. The standard InChI is InChI=1S/C20H24N2O2/c1-20(2,3)24-19(23)22-17-13-16(14-8-5-4-6-9-14)12-15-10-7-11-21-18(15)17/h4-11,16-17H,12-13H2,1-3H3,(H,22,23). The summed E-state index contributed by atoms with van der Waals surface area (Å²) in [5.74, 6) is 0.364. The number of carbonyl (C=O) groups excluding carboxylic acids is 1. The van der Waals surface area contributed by atoms with Crippen LogP contribution >= 0.6 is 0 Å². The molecule has 4 heteroatoms. The zero-order chi connectivity index (χ0) is 17.2. The predicted octanol–water partition coefficient (Wildman–Crippen LogP) is 4.38. The lowest BCUT2D eigenvalue weighted by Crippen LogP contribution is -2.37. The molecule has 0 spiro atoms. The number of alkyl carbamates (subject to hydrolysis) is 1. The molecule has 0 saturated heterocycles. The number of aromatic nitrogens is 1. The van der Waals surface area contributed by atoms with Crippen LogP contribution in [-0.4, -0.2) is 16.7 Å². The van der Waals surface area contributed by atoms with Gasteiger partial charge in [0.05, 0.1) is 11.7 Å². The lowest BCUT2D eigenvalue weighted by molar-refractivity contribution is 0.0495. The van der Waals surface area contributed by atoms with E-state index in [-0.39, 0.29) is 6.04 Å². The molecule has 3 rings (SSSR count). The Bertz CT molecular complexity index is 707. The molecular weight excluding hydrogens is 300 g/mol. The Labute approximate surface area is 143 Å². The Kier molecular flexibility index (Phi) is 4.56. The van der Waals surface area contributed by atoms with Crippen LogP contribution in [0.4, 0.5) is 4.79 Å². The van der Waals surface area contributed by atoms with Crippen molar-refractivity contribution in [1.82, 2.24) is 10.3 Å². The predicted molar refractivity (Wildman–Crippen MR) is 93.9 cm³/mol. The molecule has 1 N–H and O–H groups in total. The fourth-order valence-corrected chi connectivity index (χ4v) is 3.24. The number of nitrogens with one attached hydrogen (secondary N) is 1. The number of nitrogens with zero attached hydrogens (tertiary/aromatic N) is 1. The van der Waals surface area contributed by atoms with Gasteiger partial charge in [0.1, 0.15) is 5.60 Å². The molecule has 126 valence electrons. The summed E-state index contributed by atoms with van der Waals surface area (Å²) in [6, 6.07) is 14.4. The topological polar surface area (TPSA) is 51.2 Å². The third-order valence-corrected chi connectivity index (χ3v) is 4.20. The minimum Gasteiger partial charge on any atom is -0.444 e. The summed E-state index contributed by atoms with van der Waals surface area (Å²) in [5, 5.41) is 3.01. The van der Waals surface area contributed by atoms with Gasteiger partial charge in [0.25, 0.3) is 0 Å². The zero-order valence-corrected chi connectivity index (χ0v) is 14.5. The number of pyridine rings is 1. The molecule has 0 bridgehead atoms. The number of carbonyl (C=O) groups is 1. The highest BCUT2D eigenvalue weighted by Crippen LogP contribution is 2.37. The van der Waals surface area contributed by atoms with Crippen LogP contribution in [0.5, 0.6) is 0 Å². The van der Waals surface area contributed by atoms with Gasteiger partial charge in [0.2, 0.25) is 0 Å². The van der Waals surface area contributed by atoms with Crippen molar-refractivity contribution < 1.29 is 9.53 Å². The van der Waals surface area contributed by atoms with E-state index in [1.54, 1.807) is 6.20 Å². The molecular formula is C20H24N2O2. The Balaban J connectivity index is 1.83. The van der Waals surface area contributed by atoms with E-state index in [1.807, 2.05) is 32.9 Å². The lowest BCUT2D eigenvalue weighted by atomic mass is 9.79. The quantitative estimate of drug-likeness (QED) is 0.892. The van der Waals surface area contributed by atoms with E-state index < -0.39 is 11.7 Å². The molecule has 0 aliphatic heterocycles. The van der Waals surface area contributed by atoms with E-state index in [2.05, 4.69) is 40.6 Å². The van der Waals surface area contributed by atoms with Crippen LogP contribution in [0.1, 0.15) is 56.0 Å². The molecule has 2 atom stereocenters. The van der Waals surface area contributed by atoms with Crippen molar-refractivity contribution in [2.75, 3.05) is 0 Å². The summed E-state index contributed by atoms with van der Waals surface area (Å²) in [5.41, 5.74) is 2.93. The van der Waals surface area contributed by atoms with E-state index in [9.17, 15) is 4.79 Å². The van der Waals surface area contributed by atoms with Gasteiger partial charge in [-0.1, -0.05) is 36.4 Å². The van der Waals surface area contributed by atoms with Gasteiger partial charge in [0, 0.05) is 6.20 Å². The first kappa shape index (κ1) is 16.5. The third-order valence-electron chi connectivity index (χ3n) is 4.20. The van der Waals surface area contributed by atoms with Crippen molar-refractivity contribution in [2.45, 2.75) is 51.2 Å². The highest BCUT2D eigenvalue weighted by atomic mass is 16.6. The summed E-state index contributed by atoms with van der Waals surface area (Å²) in [4.78, 5) is 16.7. The molecule has 0 fully saturated rings. The Morgan fingerprint density at radius 3 is 2.62 bits per heavy atom. The number of fused-ring (bicyclic) bond motifs is 1. The van der Waals surface area contributed by atoms with Crippen LogP contribution in [0, 0.1) is 0 Å². The minimum atomic E-state index is -0.509. The molecule has 0 radical (unpaired) electrons. The van der Waals surface area contributed by atoms with E-state index in [4.69, 9.17) is 4.74 Å². The van der Waals surface area contributed by atoms with Crippen LogP contribution in [0.2, 0.25) is 0 Å². The fraction of sp³-hybridized carbons (Fsp3) is 0.400. The molecule has 1 amide bonds. The molecule has 0 saturated carbocycles. The van der Waals surface area contributed by atoms with Gasteiger partial charge in [0.15, 0.2) is 0 Å². The molecule has 2 aromatic rings. The van der Waals surface area contributed by atoms with Gasteiger partial charge >= 0.3 is 6.09 Å². The molecule has 1 heterocycles. The Hall–Kier alpha value is -2.36. The summed E-state index contributed by atoms with van der Waals surface area (Å²) in [6.07, 6.45) is 3.16. The van der Waals surface area contributed by atoms with Crippen molar-refractivity contribution in [1.29, 1.82) is 0 Å². The van der Waals surface area contributed by atoms with Crippen molar-refractivity contribution in [3.05, 3.63) is 65.5 Å². The summed E-state index contributed by atoms with van der Waals surface area (Å²) in [6.45, 7) is 5.60. The van der Waals surface area contributed by atoms with Gasteiger partial charge in [-0.3, -0.25) is 4.98 Å². The zero-order valence-electron chi connectivity index (χ0n) is 14.5. The molecule has 1 aromatic carbocycles. The average Bonchev–Trinajstić information content (AvgIpc) is 2.54. The van der Waals surface area contributed by atoms with Gasteiger partial charge in [-0.25, -0.2) is 4.79 Å². The van der Waals surface area contributed by atoms with Gasteiger partial charge in [-0.2, -0.15) is 0 Å². The summed E-state index contributed by atoms with van der Waals surface area (Å²) < 4.78 is 5.42. The second-order valence-corrected chi connectivity index (χ2v) is 7.29. The van der Waals surface area contributed by atoms with E-state index in [0.29, 0.717) is 5.92 Å². The Morgan fingerprint density at radius 1 is 1.17 bits per heavy atom. The van der Waals surface area contributed by atoms with Crippen molar-refractivity contribution in [3.8, 4) is 0 Å². The average molecular weight is 324 g/mol. The van der Waals surface area contributed by atoms with Gasteiger partial charge in [-0.05, 0) is 56.7 Å². The highest BCUT2D eigenvalue weighted by Gasteiger charge is 2.31. The molecule has 2 unspecified atom stereocenters. The van der Waals surface area contributed by atoms with E-state index in [0.717, 1.165) is 18.5 Å². The molecule has 24 heavy (non-hydrogen) atoms. The smallest absolute Gasteiger partial charge is 0.408 e. The van der Waals surface area contributed by atoms with Crippen molar-refractivity contribution in [2.24, 2.45) is 0 Å². The normalized spacial score (nSPS) is 20.1. The summed E-state index contributed by atoms with van der Waals surface area (Å²) in [7, 11) is 0. The number of amides is 1. The van der Waals surface area contributed by atoms with Crippen LogP contribution in [0.25, 0.3) is 0 Å². The van der Waals surface area contributed by atoms with Gasteiger partial charge in [-0.15, -0.1) is 0 Å². The first-order chi connectivity index (χ1) is 11.4. The van der Waals surface area contributed by atoms with Crippen molar-refractivity contribution in [3.63, 3.8) is 0 Å². The molecule has 1 aliphatic carbocycles. The molecule has 1 aliphatic rings. The first-order valence-electron chi connectivity index (χ1n) is 8.40. The van der Waals surface area contributed by atoms with Gasteiger partial charge < -0.3 is 10.1 Å². The maximum Gasteiger partial charge on any atom is 0.408 e. The van der Waals surface area contributed by atoms with Crippen LogP contribution < -0.4 is 5.32 Å². The lowest BCUT2D eigenvalue weighted by Gasteiger charge is -2.32. The number of hydrogen-bond acceptors (Lipinski definition) is 3. The maximum absolute atomic E-state index is 12.2. The minimum absolute atomic E-state index is 0.130. The highest BCUT2D eigenvalue weighted by molar-refractivity contribution is 5.68. The number of ether oxygens (including phenoxy) is 1. The first-order valence-corrected chi connectivity index (χ1v) is 8.40. The van der Waals surface area contributed by atoms with Crippen LogP contribution in [0.3, 0.4) is 0 Å². The number of benzene rings is 1. The number of rotatable bonds is 2. The second kappa shape index (κ2) is 6.63. The van der Waals surface area contributed by atoms with E-state index >= 15 is 0 Å². The van der Waals surface area contributed by atoms with Crippen molar-refractivity contribution >= 4 is 6.09 Å². The second-order valence-electron chi connectivity index (χ2n) is 7.29. The number of hydrogen-bond donors (Lipinski definition) is 1. The van der Waals surface area contributed by atoms with Crippen LogP contribution in [0.15, 0.2) is 48.7 Å².